The molecule has 2 saturated heterocycles. The van der Waals surface area contributed by atoms with Crippen molar-refractivity contribution in [3.8, 4) is 11.8 Å². The second-order valence-electron chi connectivity index (χ2n) is 10.5. The summed E-state index contributed by atoms with van der Waals surface area (Å²) in [6.45, 7) is 5.43. The molecule has 9 nitrogen and oxygen atoms in total. The smallest absolute Gasteiger partial charge is 0.228 e. The quantitative estimate of drug-likeness (QED) is 0.535. The molecular weight excluding hydrogens is 499 g/mol. The van der Waals surface area contributed by atoms with Crippen LogP contribution in [0.2, 0.25) is 0 Å². The van der Waals surface area contributed by atoms with Crippen LogP contribution in [0.5, 0.6) is 5.75 Å². The summed E-state index contributed by atoms with van der Waals surface area (Å²) < 4.78 is 18.8. The van der Waals surface area contributed by atoms with Gasteiger partial charge >= 0.3 is 0 Å². The van der Waals surface area contributed by atoms with Gasteiger partial charge in [-0.25, -0.2) is 4.39 Å². The summed E-state index contributed by atoms with van der Waals surface area (Å²) in [5, 5.41) is 29.1. The van der Waals surface area contributed by atoms with Gasteiger partial charge in [-0.2, -0.15) is 10.4 Å². The van der Waals surface area contributed by atoms with Gasteiger partial charge in [0.15, 0.2) is 5.69 Å². The molecule has 2 aliphatic heterocycles. The monoisotopic (exact) mass is 530 g/mol. The van der Waals surface area contributed by atoms with Crippen LogP contribution in [-0.2, 0) is 10.4 Å². The molecule has 2 fully saturated rings. The fourth-order valence-corrected chi connectivity index (χ4v) is 6.14. The van der Waals surface area contributed by atoms with Crippen LogP contribution in [0.25, 0.3) is 0 Å². The zero-order valence-corrected chi connectivity index (χ0v) is 22.2. The molecule has 1 aromatic carbocycles. The molecule has 0 spiro atoms. The highest BCUT2D eigenvalue weighted by Crippen LogP contribution is 2.43. The van der Waals surface area contributed by atoms with E-state index >= 15 is 0 Å². The van der Waals surface area contributed by atoms with Crippen LogP contribution in [-0.4, -0.2) is 64.4 Å². The first-order valence-electron chi connectivity index (χ1n) is 13.0. The van der Waals surface area contributed by atoms with Crippen LogP contribution in [0.4, 0.5) is 10.1 Å². The lowest BCUT2D eigenvalue weighted by molar-refractivity contribution is -0.152. The van der Waals surface area contributed by atoms with E-state index in [0.29, 0.717) is 43.2 Å². The number of methoxy groups -OCH3 is 1. The fourth-order valence-electron chi connectivity index (χ4n) is 6.14. The topological polar surface area (TPSA) is 115 Å². The van der Waals surface area contributed by atoms with E-state index in [9.17, 15) is 19.6 Å². The molecule has 4 heterocycles. The number of ether oxygens (including phenoxy) is 1. The van der Waals surface area contributed by atoms with Gasteiger partial charge < -0.3 is 19.6 Å². The summed E-state index contributed by atoms with van der Waals surface area (Å²) in [6, 6.07) is 13.5. The summed E-state index contributed by atoms with van der Waals surface area (Å²) in [6.07, 6.45) is 3.18. The third-order valence-electron chi connectivity index (χ3n) is 8.27. The number of likely N-dealkylation sites (tertiary alicyclic amines) is 1. The number of anilines is 1. The number of aliphatic hydroxyl groups is 1. The number of nitriles is 1. The number of carbonyl (C=O) groups is 1. The molecule has 1 unspecified atom stereocenters. The molecule has 5 atom stereocenters. The molecule has 5 rings (SSSR count). The van der Waals surface area contributed by atoms with Gasteiger partial charge in [0.1, 0.15) is 17.6 Å². The van der Waals surface area contributed by atoms with Crippen molar-refractivity contribution < 1.29 is 19.0 Å². The number of hydrogen-bond donors (Lipinski definition) is 1. The lowest BCUT2D eigenvalue weighted by atomic mass is 9.70. The zero-order chi connectivity index (χ0) is 27.7. The van der Waals surface area contributed by atoms with Crippen molar-refractivity contribution in [1.82, 2.24) is 20.1 Å². The second-order valence-corrected chi connectivity index (χ2v) is 10.5. The summed E-state index contributed by atoms with van der Waals surface area (Å²) in [7, 11) is 1.58. The maximum atomic E-state index is 14.1. The molecule has 202 valence electrons. The Morgan fingerprint density at radius 1 is 1.10 bits per heavy atom. The van der Waals surface area contributed by atoms with Crippen molar-refractivity contribution in [3.63, 3.8) is 0 Å². The third kappa shape index (κ3) is 4.79. The first kappa shape index (κ1) is 26.5. The summed E-state index contributed by atoms with van der Waals surface area (Å²) in [4.78, 5) is 22.6. The van der Waals surface area contributed by atoms with Crippen molar-refractivity contribution in [2.75, 3.05) is 38.2 Å². The largest absolute Gasteiger partial charge is 0.495 e. The number of hydrogen-bond acceptors (Lipinski definition) is 8. The normalized spacial score (nSPS) is 26.8. The minimum atomic E-state index is -1.19. The molecule has 10 heteroatoms. The number of halogens is 1. The molecule has 39 heavy (non-hydrogen) atoms. The highest BCUT2D eigenvalue weighted by molar-refractivity contribution is 5.82. The van der Waals surface area contributed by atoms with Crippen molar-refractivity contribution in [3.05, 3.63) is 77.6 Å². The molecule has 0 radical (unpaired) electrons. The summed E-state index contributed by atoms with van der Waals surface area (Å²) >= 11 is 0. The van der Waals surface area contributed by atoms with Crippen molar-refractivity contribution >= 4 is 11.6 Å². The molecular formula is C29H31FN6O3. The average Bonchev–Trinajstić information content (AvgIpc) is 3.41. The van der Waals surface area contributed by atoms with Crippen LogP contribution in [0, 0.1) is 34.9 Å². The number of rotatable bonds is 5. The zero-order valence-electron chi connectivity index (χ0n) is 22.2. The molecule has 2 aliphatic rings. The highest BCUT2D eigenvalue weighted by atomic mass is 19.1. The highest BCUT2D eigenvalue weighted by Gasteiger charge is 2.49. The van der Waals surface area contributed by atoms with Gasteiger partial charge in [-0.05, 0) is 35.9 Å². The average molecular weight is 531 g/mol. The van der Waals surface area contributed by atoms with Gasteiger partial charge in [0.2, 0.25) is 5.91 Å². The van der Waals surface area contributed by atoms with E-state index in [0.717, 1.165) is 5.69 Å². The predicted octanol–water partition coefficient (Wildman–Crippen LogP) is 3.11. The van der Waals surface area contributed by atoms with E-state index in [-0.39, 0.29) is 35.2 Å². The number of nitrogens with zero attached hydrogens (tertiary/aromatic N) is 6. The lowest BCUT2D eigenvalue weighted by Gasteiger charge is -2.48. The Labute approximate surface area is 226 Å². The molecule has 0 saturated carbocycles. The molecule has 1 amide bonds. The Morgan fingerprint density at radius 3 is 2.44 bits per heavy atom. The van der Waals surface area contributed by atoms with E-state index in [1.165, 1.54) is 18.3 Å². The Hall–Kier alpha value is -4.10. The first-order chi connectivity index (χ1) is 18.8. The Balaban J connectivity index is 1.43. The molecule has 0 bridgehead atoms. The number of pyridine rings is 1. The van der Waals surface area contributed by atoms with Crippen molar-refractivity contribution in [1.29, 1.82) is 5.26 Å². The van der Waals surface area contributed by atoms with Gasteiger partial charge in [-0.3, -0.25) is 9.78 Å². The number of carbonyl (C=O) groups excluding carboxylic acids is 1. The standard InChI is InChI=1S/C29H31FN6O3/c1-18-14-36(15-19(2)29(18,38)20-4-6-21(30)7-5-20)28(37)24-17-35(27-10-11-33-34-26(27)12-31)16-23(24)25-9-8-22(39-3)13-32-25/h4-11,13,18-19,23-24,38H,14-17H2,1-3H3/t18-,19+,23-,24+,29?/m0/s1. The van der Waals surface area contributed by atoms with Crippen LogP contribution >= 0.6 is 0 Å². The van der Waals surface area contributed by atoms with E-state index in [4.69, 9.17) is 4.74 Å². The van der Waals surface area contributed by atoms with Crippen LogP contribution < -0.4 is 9.64 Å². The number of benzene rings is 1. The van der Waals surface area contributed by atoms with Gasteiger partial charge in [0, 0.05) is 49.6 Å². The van der Waals surface area contributed by atoms with Gasteiger partial charge in [0.05, 0.1) is 36.7 Å². The first-order valence-corrected chi connectivity index (χ1v) is 13.0. The predicted molar refractivity (Wildman–Crippen MR) is 141 cm³/mol. The maximum absolute atomic E-state index is 14.1. The van der Waals surface area contributed by atoms with E-state index in [1.54, 1.807) is 31.5 Å². The van der Waals surface area contributed by atoms with E-state index in [1.807, 2.05) is 35.8 Å². The van der Waals surface area contributed by atoms with Gasteiger partial charge in [-0.15, -0.1) is 5.10 Å². The fraction of sp³-hybridized carbons (Fsp3) is 0.414. The SMILES string of the molecule is COc1ccc([C@H]2CN(c3ccnnc3C#N)C[C@H]2C(=O)N2C[C@@H](C)C(O)(c3ccc(F)cc3)[C@@H](C)C2)nc1. The van der Waals surface area contributed by atoms with Crippen LogP contribution in [0.1, 0.15) is 36.7 Å². The second kappa shape index (κ2) is 10.6. The minimum Gasteiger partial charge on any atom is -0.495 e. The lowest BCUT2D eigenvalue weighted by Crippen LogP contribution is -2.57. The molecule has 0 aliphatic carbocycles. The molecule has 1 N–H and O–H groups in total. The number of aromatic nitrogens is 3. The Bertz CT molecular complexity index is 1370. The number of piperidine rings is 1. The van der Waals surface area contributed by atoms with Crippen LogP contribution in [0.15, 0.2) is 54.9 Å². The van der Waals surface area contributed by atoms with E-state index in [2.05, 4.69) is 21.3 Å². The number of amides is 1. The maximum Gasteiger partial charge on any atom is 0.228 e. The van der Waals surface area contributed by atoms with Crippen molar-refractivity contribution in [2.24, 2.45) is 17.8 Å². The third-order valence-corrected chi connectivity index (χ3v) is 8.27. The van der Waals surface area contributed by atoms with E-state index < -0.39 is 11.5 Å². The molecule has 3 aromatic rings. The Kier molecular flexibility index (Phi) is 7.19. The summed E-state index contributed by atoms with van der Waals surface area (Å²) in [5.41, 5.74) is 1.06. The van der Waals surface area contributed by atoms with Gasteiger partial charge in [-0.1, -0.05) is 26.0 Å². The van der Waals surface area contributed by atoms with Crippen LogP contribution in [0.3, 0.4) is 0 Å². The minimum absolute atomic E-state index is 0.0273. The molecule has 2 aromatic heterocycles. The Morgan fingerprint density at radius 2 is 1.82 bits per heavy atom. The summed E-state index contributed by atoms with van der Waals surface area (Å²) in [5.74, 6) is -0.974. The van der Waals surface area contributed by atoms with Gasteiger partial charge in [0.25, 0.3) is 0 Å². The van der Waals surface area contributed by atoms with Crippen molar-refractivity contribution in [2.45, 2.75) is 25.4 Å².